The molecule has 1 aliphatic heterocycles. The highest BCUT2D eigenvalue weighted by atomic mass is 32.2. The van der Waals surface area contributed by atoms with Crippen molar-refractivity contribution in [2.45, 2.75) is 31.4 Å². The summed E-state index contributed by atoms with van der Waals surface area (Å²) in [5.41, 5.74) is 2.08. The SMILES string of the molecule is CCOC(=O)[C@H]1CS[C@@H](Cc2ccc(OCc3ccc([N+](=O)[O-])cc3)cc2)N1. The lowest BCUT2D eigenvalue weighted by Crippen LogP contribution is -2.38. The predicted octanol–water partition coefficient (Wildman–Crippen LogP) is 3.31. The second-order valence-corrected chi connectivity index (χ2v) is 7.59. The molecule has 2 atom stereocenters. The Labute approximate surface area is 167 Å². The van der Waals surface area contributed by atoms with Crippen molar-refractivity contribution in [1.82, 2.24) is 5.32 Å². The average Bonchev–Trinajstić information content (AvgIpc) is 3.16. The van der Waals surface area contributed by atoms with Crippen molar-refractivity contribution in [2.24, 2.45) is 0 Å². The van der Waals surface area contributed by atoms with Gasteiger partial charge in [-0.15, -0.1) is 11.8 Å². The van der Waals surface area contributed by atoms with Gasteiger partial charge in [0.15, 0.2) is 0 Å². The maximum atomic E-state index is 11.8. The number of ether oxygens (including phenoxy) is 2. The Morgan fingerprint density at radius 2 is 1.86 bits per heavy atom. The number of thioether (sulfide) groups is 1. The maximum Gasteiger partial charge on any atom is 0.324 e. The van der Waals surface area contributed by atoms with E-state index in [9.17, 15) is 14.9 Å². The standard InChI is InChI=1S/C20H22N2O5S/c1-2-26-20(23)18-13-28-19(21-18)11-14-5-9-17(10-6-14)27-12-15-3-7-16(8-4-15)22(24)25/h3-10,18-19,21H,2,11-13H2,1H3/t18-,19+/m1/s1. The molecule has 1 N–H and O–H groups in total. The minimum atomic E-state index is -0.421. The molecule has 7 nitrogen and oxygen atoms in total. The zero-order chi connectivity index (χ0) is 19.9. The van der Waals surface area contributed by atoms with Crippen LogP contribution in [-0.4, -0.2) is 34.7 Å². The number of hydrogen-bond acceptors (Lipinski definition) is 7. The van der Waals surface area contributed by atoms with Gasteiger partial charge >= 0.3 is 5.97 Å². The van der Waals surface area contributed by atoms with E-state index in [1.807, 2.05) is 31.2 Å². The molecule has 8 heteroatoms. The van der Waals surface area contributed by atoms with Gasteiger partial charge in [-0.25, -0.2) is 0 Å². The van der Waals surface area contributed by atoms with Gasteiger partial charge in [-0.3, -0.25) is 20.2 Å². The first-order chi connectivity index (χ1) is 13.5. The molecule has 0 amide bonds. The molecule has 0 bridgehead atoms. The lowest BCUT2D eigenvalue weighted by molar-refractivity contribution is -0.384. The Kier molecular flexibility index (Phi) is 6.89. The van der Waals surface area contributed by atoms with Gasteiger partial charge in [-0.2, -0.15) is 0 Å². The second-order valence-electron chi connectivity index (χ2n) is 6.35. The quantitative estimate of drug-likeness (QED) is 0.411. The van der Waals surface area contributed by atoms with Crippen LogP contribution in [0.15, 0.2) is 48.5 Å². The number of nitro groups is 1. The van der Waals surface area contributed by atoms with Gasteiger partial charge in [0.05, 0.1) is 16.9 Å². The molecule has 0 saturated carbocycles. The number of nitrogens with one attached hydrogen (secondary N) is 1. The summed E-state index contributed by atoms with van der Waals surface area (Å²) in [7, 11) is 0. The van der Waals surface area contributed by atoms with Gasteiger partial charge in [0.25, 0.3) is 5.69 Å². The van der Waals surface area contributed by atoms with E-state index >= 15 is 0 Å². The Hall–Kier alpha value is -2.58. The number of non-ortho nitro benzene ring substituents is 1. The fourth-order valence-corrected chi connectivity index (χ4v) is 4.07. The van der Waals surface area contributed by atoms with Crippen LogP contribution in [0.5, 0.6) is 5.75 Å². The van der Waals surface area contributed by atoms with E-state index in [4.69, 9.17) is 9.47 Å². The molecule has 2 aromatic carbocycles. The summed E-state index contributed by atoms with van der Waals surface area (Å²) >= 11 is 1.72. The molecule has 0 aliphatic carbocycles. The van der Waals surface area contributed by atoms with E-state index < -0.39 is 4.92 Å². The largest absolute Gasteiger partial charge is 0.489 e. The highest BCUT2D eigenvalue weighted by molar-refractivity contribution is 8.00. The van der Waals surface area contributed by atoms with Crippen LogP contribution in [0.3, 0.4) is 0 Å². The van der Waals surface area contributed by atoms with Crippen LogP contribution < -0.4 is 10.1 Å². The monoisotopic (exact) mass is 402 g/mol. The van der Waals surface area contributed by atoms with Gasteiger partial charge in [0, 0.05) is 17.9 Å². The van der Waals surface area contributed by atoms with Crippen molar-refractivity contribution in [3.63, 3.8) is 0 Å². The van der Waals surface area contributed by atoms with E-state index in [2.05, 4.69) is 5.32 Å². The Bertz CT molecular complexity index is 810. The summed E-state index contributed by atoms with van der Waals surface area (Å²) in [6.07, 6.45) is 0.809. The van der Waals surface area contributed by atoms with Crippen molar-refractivity contribution < 1.29 is 19.2 Å². The predicted molar refractivity (Wildman–Crippen MR) is 107 cm³/mol. The van der Waals surface area contributed by atoms with E-state index in [0.29, 0.717) is 13.2 Å². The molecule has 148 valence electrons. The third-order valence-electron chi connectivity index (χ3n) is 4.32. The lowest BCUT2D eigenvalue weighted by atomic mass is 10.1. The zero-order valence-corrected chi connectivity index (χ0v) is 16.3. The molecule has 0 radical (unpaired) electrons. The summed E-state index contributed by atoms with van der Waals surface area (Å²) in [5, 5.41) is 14.2. The number of nitro benzene ring substituents is 1. The number of hydrogen-bond donors (Lipinski definition) is 1. The van der Waals surface area contributed by atoms with Crippen LogP contribution in [0, 0.1) is 10.1 Å². The van der Waals surface area contributed by atoms with Crippen molar-refractivity contribution in [1.29, 1.82) is 0 Å². The summed E-state index contributed by atoms with van der Waals surface area (Å²) in [6, 6.07) is 13.9. The van der Waals surface area contributed by atoms with Gasteiger partial charge < -0.3 is 9.47 Å². The topological polar surface area (TPSA) is 90.7 Å². The number of carbonyl (C=O) groups excluding carboxylic acids is 1. The molecule has 1 heterocycles. The zero-order valence-electron chi connectivity index (χ0n) is 15.5. The number of carbonyl (C=O) groups is 1. The lowest BCUT2D eigenvalue weighted by Gasteiger charge is -2.13. The third kappa shape index (κ3) is 5.46. The number of benzene rings is 2. The molecular formula is C20H22N2O5S. The summed E-state index contributed by atoms with van der Waals surface area (Å²) in [6.45, 7) is 2.55. The second kappa shape index (κ2) is 9.57. The van der Waals surface area contributed by atoms with Crippen LogP contribution in [-0.2, 0) is 22.6 Å². The number of rotatable bonds is 8. The molecule has 0 spiro atoms. The van der Waals surface area contributed by atoms with Crippen molar-refractivity contribution in [2.75, 3.05) is 12.4 Å². The first-order valence-corrected chi connectivity index (χ1v) is 10.1. The van der Waals surface area contributed by atoms with E-state index in [1.165, 1.54) is 12.1 Å². The van der Waals surface area contributed by atoms with E-state index in [1.54, 1.807) is 23.9 Å². The summed E-state index contributed by atoms with van der Waals surface area (Å²) < 4.78 is 10.8. The van der Waals surface area contributed by atoms with Crippen LogP contribution in [0.4, 0.5) is 5.69 Å². The highest BCUT2D eigenvalue weighted by Crippen LogP contribution is 2.24. The van der Waals surface area contributed by atoms with E-state index in [-0.39, 0.29) is 23.1 Å². The Balaban J connectivity index is 1.47. The van der Waals surface area contributed by atoms with Crippen LogP contribution >= 0.6 is 11.8 Å². The van der Waals surface area contributed by atoms with Crippen LogP contribution in [0.1, 0.15) is 18.1 Å². The Morgan fingerprint density at radius 3 is 2.50 bits per heavy atom. The highest BCUT2D eigenvalue weighted by Gasteiger charge is 2.30. The smallest absolute Gasteiger partial charge is 0.324 e. The fourth-order valence-electron chi connectivity index (χ4n) is 2.85. The molecule has 1 fully saturated rings. The van der Waals surface area contributed by atoms with Crippen LogP contribution in [0.25, 0.3) is 0 Å². The first kappa shape index (κ1) is 20.2. The van der Waals surface area contributed by atoms with Gasteiger partial charge in [-0.05, 0) is 48.7 Å². The summed E-state index contributed by atoms with van der Waals surface area (Å²) in [4.78, 5) is 22.0. The van der Waals surface area contributed by atoms with Crippen molar-refractivity contribution >= 4 is 23.4 Å². The molecule has 3 rings (SSSR count). The maximum absolute atomic E-state index is 11.8. The van der Waals surface area contributed by atoms with Crippen LogP contribution in [0.2, 0.25) is 0 Å². The third-order valence-corrected chi connectivity index (χ3v) is 5.55. The molecule has 0 aromatic heterocycles. The summed E-state index contributed by atoms with van der Waals surface area (Å²) in [5.74, 6) is 1.27. The molecule has 1 saturated heterocycles. The number of nitrogens with zero attached hydrogens (tertiary/aromatic N) is 1. The molecule has 0 unspecified atom stereocenters. The first-order valence-electron chi connectivity index (χ1n) is 9.04. The van der Waals surface area contributed by atoms with Crippen molar-refractivity contribution in [3.8, 4) is 5.75 Å². The number of esters is 1. The Morgan fingerprint density at radius 1 is 1.18 bits per heavy atom. The van der Waals surface area contributed by atoms with Crippen molar-refractivity contribution in [3.05, 3.63) is 69.8 Å². The normalized spacial score (nSPS) is 18.6. The minimum Gasteiger partial charge on any atom is -0.489 e. The van der Waals surface area contributed by atoms with Gasteiger partial charge in [-0.1, -0.05) is 12.1 Å². The average molecular weight is 402 g/mol. The fraction of sp³-hybridized carbons (Fsp3) is 0.350. The van der Waals surface area contributed by atoms with Gasteiger partial charge in [0.2, 0.25) is 0 Å². The molecule has 28 heavy (non-hydrogen) atoms. The minimum absolute atomic E-state index is 0.0664. The molecule has 1 aliphatic rings. The van der Waals surface area contributed by atoms with Gasteiger partial charge in [0.1, 0.15) is 18.4 Å². The molecular weight excluding hydrogens is 380 g/mol. The molecule has 2 aromatic rings. The van der Waals surface area contributed by atoms with E-state index in [0.717, 1.165) is 29.1 Å².